The summed E-state index contributed by atoms with van der Waals surface area (Å²) in [7, 11) is 0. The van der Waals surface area contributed by atoms with Crippen molar-refractivity contribution >= 4 is 17.4 Å². The quantitative estimate of drug-likeness (QED) is 0.639. The van der Waals surface area contributed by atoms with Gasteiger partial charge in [0.15, 0.2) is 5.78 Å². The maximum absolute atomic E-state index is 12.8. The first-order valence-corrected chi connectivity index (χ1v) is 12.4. The predicted octanol–water partition coefficient (Wildman–Crippen LogP) is 2.74. The predicted molar refractivity (Wildman–Crippen MR) is 131 cm³/mol. The van der Waals surface area contributed by atoms with E-state index in [1.54, 1.807) is 0 Å². The summed E-state index contributed by atoms with van der Waals surface area (Å²) in [5.41, 5.74) is 2.57. The van der Waals surface area contributed by atoms with Crippen LogP contribution >= 0.6 is 0 Å². The Morgan fingerprint density at radius 1 is 0.727 bits per heavy atom. The van der Waals surface area contributed by atoms with Gasteiger partial charge >= 0.3 is 0 Å². The van der Waals surface area contributed by atoms with Gasteiger partial charge in [-0.3, -0.25) is 19.4 Å². The van der Waals surface area contributed by atoms with E-state index in [9.17, 15) is 9.59 Å². The van der Waals surface area contributed by atoms with Gasteiger partial charge in [-0.2, -0.15) is 0 Å². The van der Waals surface area contributed by atoms with Crippen molar-refractivity contribution in [3.05, 3.63) is 65.7 Å². The number of hydrogen-bond acceptors (Lipinski definition) is 5. The lowest BCUT2D eigenvalue weighted by molar-refractivity contribution is -0.134. The summed E-state index contributed by atoms with van der Waals surface area (Å²) >= 11 is 0. The third-order valence-corrected chi connectivity index (χ3v) is 7.52. The van der Waals surface area contributed by atoms with Gasteiger partial charge in [-0.1, -0.05) is 36.8 Å². The first-order valence-electron chi connectivity index (χ1n) is 12.4. The van der Waals surface area contributed by atoms with Gasteiger partial charge < -0.3 is 9.80 Å². The maximum atomic E-state index is 12.8. The minimum Gasteiger partial charge on any atom is -0.369 e. The highest BCUT2D eigenvalue weighted by atomic mass is 16.2. The molecule has 6 heteroatoms. The van der Waals surface area contributed by atoms with Gasteiger partial charge in [0.05, 0.1) is 6.54 Å². The zero-order valence-corrected chi connectivity index (χ0v) is 19.4. The highest BCUT2D eigenvalue weighted by Gasteiger charge is 2.30. The monoisotopic (exact) mass is 446 g/mol. The number of amides is 1. The maximum Gasteiger partial charge on any atom is 0.236 e. The molecule has 33 heavy (non-hydrogen) atoms. The van der Waals surface area contributed by atoms with Gasteiger partial charge in [0.25, 0.3) is 0 Å². The molecule has 2 heterocycles. The van der Waals surface area contributed by atoms with Crippen LogP contribution in [0, 0.1) is 0 Å². The number of nitrogens with zero attached hydrogens (tertiary/aromatic N) is 4. The molecule has 1 saturated carbocycles. The lowest BCUT2D eigenvalue weighted by Crippen LogP contribution is -2.56. The molecule has 2 aliphatic heterocycles. The Labute approximate surface area is 196 Å². The Balaban J connectivity index is 1.08. The van der Waals surface area contributed by atoms with Gasteiger partial charge in [0.2, 0.25) is 5.91 Å². The Kier molecular flexibility index (Phi) is 6.74. The van der Waals surface area contributed by atoms with E-state index in [4.69, 9.17) is 0 Å². The van der Waals surface area contributed by atoms with Crippen LogP contribution in [0.15, 0.2) is 54.6 Å². The summed E-state index contributed by atoms with van der Waals surface area (Å²) in [6.07, 6.45) is 4.04. The molecule has 0 aromatic heterocycles. The summed E-state index contributed by atoms with van der Waals surface area (Å²) in [6.45, 7) is 7.93. The largest absolute Gasteiger partial charge is 0.369 e. The molecule has 2 aromatic rings. The van der Waals surface area contributed by atoms with E-state index >= 15 is 0 Å². The molecule has 0 spiro atoms. The number of ketones is 1. The molecule has 0 unspecified atom stereocenters. The number of hydrogen-bond donors (Lipinski definition) is 0. The minimum atomic E-state index is 0.0546. The van der Waals surface area contributed by atoms with Crippen LogP contribution in [0.1, 0.15) is 35.2 Å². The second-order valence-corrected chi connectivity index (χ2v) is 9.51. The number of anilines is 1. The van der Waals surface area contributed by atoms with Crippen molar-refractivity contribution in [1.29, 1.82) is 0 Å². The second kappa shape index (κ2) is 10.1. The number of benzene rings is 2. The van der Waals surface area contributed by atoms with Crippen LogP contribution in [0.4, 0.5) is 5.69 Å². The summed E-state index contributed by atoms with van der Waals surface area (Å²) in [5, 5.41) is 0. The fourth-order valence-electron chi connectivity index (χ4n) is 5.12. The van der Waals surface area contributed by atoms with E-state index in [-0.39, 0.29) is 11.7 Å². The molecule has 1 aliphatic carbocycles. The third kappa shape index (κ3) is 5.12. The fraction of sp³-hybridized carbons (Fsp3) is 0.481. The van der Waals surface area contributed by atoms with E-state index in [0.717, 1.165) is 64.1 Å². The molecule has 1 amide bonds. The van der Waals surface area contributed by atoms with Crippen LogP contribution in [-0.2, 0) is 4.79 Å². The van der Waals surface area contributed by atoms with E-state index in [1.165, 1.54) is 19.3 Å². The zero-order valence-electron chi connectivity index (χ0n) is 19.4. The molecule has 0 N–H and O–H groups in total. The minimum absolute atomic E-state index is 0.0546. The number of piperazine rings is 2. The lowest BCUT2D eigenvalue weighted by Gasteiger charge is -2.43. The van der Waals surface area contributed by atoms with Gasteiger partial charge in [-0.25, -0.2) is 0 Å². The Morgan fingerprint density at radius 3 is 1.97 bits per heavy atom. The van der Waals surface area contributed by atoms with E-state index in [0.29, 0.717) is 17.7 Å². The third-order valence-electron chi connectivity index (χ3n) is 7.52. The normalized spacial score (nSPS) is 20.5. The molecule has 0 bridgehead atoms. The molecular weight excluding hydrogens is 412 g/mol. The topological polar surface area (TPSA) is 47.1 Å². The number of carbonyl (C=O) groups is 2. The van der Waals surface area contributed by atoms with Crippen molar-refractivity contribution in [3.63, 3.8) is 0 Å². The number of rotatable bonds is 6. The van der Waals surface area contributed by atoms with Gasteiger partial charge in [-0.15, -0.1) is 0 Å². The van der Waals surface area contributed by atoms with Crippen molar-refractivity contribution in [2.45, 2.75) is 25.3 Å². The van der Waals surface area contributed by atoms with Crippen molar-refractivity contribution < 1.29 is 9.59 Å². The first-order chi connectivity index (χ1) is 16.2. The van der Waals surface area contributed by atoms with Crippen LogP contribution in [0.25, 0.3) is 0 Å². The Bertz CT molecular complexity index is 942. The van der Waals surface area contributed by atoms with Crippen molar-refractivity contribution in [2.24, 2.45) is 0 Å². The molecule has 2 aromatic carbocycles. The van der Waals surface area contributed by atoms with Gasteiger partial charge in [-0.05, 0) is 37.1 Å². The summed E-state index contributed by atoms with van der Waals surface area (Å²) in [6, 6.07) is 18.1. The van der Waals surface area contributed by atoms with Crippen molar-refractivity contribution in [1.82, 2.24) is 14.7 Å². The zero-order chi connectivity index (χ0) is 22.6. The molecule has 2 saturated heterocycles. The van der Waals surface area contributed by atoms with Crippen LogP contribution in [0.3, 0.4) is 0 Å². The second-order valence-electron chi connectivity index (χ2n) is 9.51. The van der Waals surface area contributed by atoms with E-state index in [2.05, 4.69) is 19.6 Å². The van der Waals surface area contributed by atoms with E-state index < -0.39 is 0 Å². The highest BCUT2D eigenvalue weighted by Crippen LogP contribution is 2.25. The molecule has 6 nitrogen and oxygen atoms in total. The molecular formula is C27H34N4O2. The smallest absolute Gasteiger partial charge is 0.236 e. The first kappa shape index (κ1) is 22.1. The van der Waals surface area contributed by atoms with Crippen molar-refractivity contribution in [3.8, 4) is 0 Å². The molecule has 5 rings (SSSR count). The van der Waals surface area contributed by atoms with Gasteiger partial charge in [0.1, 0.15) is 0 Å². The Hall–Kier alpha value is -2.70. The Morgan fingerprint density at radius 2 is 1.36 bits per heavy atom. The molecule has 3 fully saturated rings. The van der Waals surface area contributed by atoms with Crippen LogP contribution in [0.5, 0.6) is 0 Å². The van der Waals surface area contributed by atoms with Crippen molar-refractivity contribution in [2.75, 3.05) is 63.8 Å². The molecule has 3 aliphatic rings. The summed E-state index contributed by atoms with van der Waals surface area (Å²) in [5.74, 6) is 0.333. The highest BCUT2D eigenvalue weighted by molar-refractivity contribution is 6.09. The van der Waals surface area contributed by atoms with Crippen LogP contribution < -0.4 is 4.90 Å². The van der Waals surface area contributed by atoms with Crippen LogP contribution in [-0.4, -0.2) is 91.3 Å². The van der Waals surface area contributed by atoms with E-state index in [1.807, 2.05) is 54.6 Å². The fourth-order valence-corrected chi connectivity index (χ4v) is 5.12. The van der Waals surface area contributed by atoms with Gasteiger partial charge in [0, 0.05) is 75.2 Å². The molecule has 0 atom stereocenters. The standard InChI is InChI=1S/C27H34N4O2/c32-26(31-19-17-30(18-20-31)24-7-4-8-24)21-28-13-15-29(16-14-28)25-11-9-23(10-12-25)27(33)22-5-2-1-3-6-22/h1-3,5-6,9-12,24H,4,7-8,13-21H2. The average molecular weight is 447 g/mol. The summed E-state index contributed by atoms with van der Waals surface area (Å²) < 4.78 is 0. The molecule has 174 valence electrons. The summed E-state index contributed by atoms with van der Waals surface area (Å²) in [4.78, 5) is 34.7. The number of carbonyl (C=O) groups excluding carboxylic acids is 2. The average Bonchev–Trinajstić information content (AvgIpc) is 2.84. The lowest BCUT2D eigenvalue weighted by atomic mass is 9.91. The van der Waals surface area contributed by atoms with Crippen LogP contribution in [0.2, 0.25) is 0 Å². The SMILES string of the molecule is O=C(c1ccccc1)c1ccc(N2CCN(CC(=O)N3CCN(C4CCC4)CC3)CC2)cc1. The molecule has 0 radical (unpaired) electrons.